The quantitative estimate of drug-likeness (QED) is 0.170. The number of rotatable bonds is 6. The molecule has 0 saturated carbocycles. The molecule has 0 aliphatic heterocycles. The van der Waals surface area contributed by atoms with Crippen LogP contribution in [-0.4, -0.2) is 0 Å². The summed E-state index contributed by atoms with van der Waals surface area (Å²) in [5, 5.41) is 7.30. The van der Waals surface area contributed by atoms with Crippen molar-refractivity contribution in [3.8, 4) is 33.4 Å². The number of hydrogen-bond donors (Lipinski definition) is 0. The van der Waals surface area contributed by atoms with E-state index in [0.29, 0.717) is 0 Å². The van der Waals surface area contributed by atoms with E-state index in [2.05, 4.69) is 199 Å². The molecule has 258 valence electrons. The van der Waals surface area contributed by atoms with Gasteiger partial charge >= 0.3 is 0 Å². The number of furan rings is 1. The van der Waals surface area contributed by atoms with Crippen LogP contribution in [0.3, 0.4) is 0 Å². The van der Waals surface area contributed by atoms with Gasteiger partial charge in [0.25, 0.3) is 0 Å². The molecule has 0 N–H and O–H groups in total. The SMILES string of the molecule is c1ccc(-c2ccc(N(c3ccc4c(c3)sc3cc(-c5cccc6cccc(-c7ccccc7)c56)ccc34)c3cccc4c3oc3ccccc34)cc2)cc1. The van der Waals surface area contributed by atoms with Crippen molar-refractivity contribution in [2.45, 2.75) is 0 Å². The molecule has 0 bridgehead atoms. The van der Waals surface area contributed by atoms with Crippen LogP contribution in [0.5, 0.6) is 0 Å². The van der Waals surface area contributed by atoms with Crippen LogP contribution < -0.4 is 4.90 Å². The van der Waals surface area contributed by atoms with Crippen molar-refractivity contribution in [2.24, 2.45) is 0 Å². The molecule has 0 fully saturated rings. The number of nitrogens with zero attached hydrogens (tertiary/aromatic N) is 1. The summed E-state index contributed by atoms with van der Waals surface area (Å²) in [6, 6.07) is 72.1. The molecule has 0 atom stereocenters. The first-order chi connectivity index (χ1) is 27.3. The number of anilines is 3. The minimum atomic E-state index is 0.877. The lowest BCUT2D eigenvalue weighted by Crippen LogP contribution is -2.10. The standard InChI is InChI=1S/C52H33NOS/c1-3-12-34(13-4-1)35-24-27-39(28-25-35)53(47-22-11-21-46-43-18-7-8-23-48(43)54-52(46)47)40-29-31-45-44-30-26-38(32-49(44)55-50(45)33-40)42-20-10-17-37-16-9-19-41(51(37)42)36-14-5-2-6-15-36/h1-33H. The third kappa shape index (κ3) is 5.32. The molecular formula is C52H33NOS. The Morgan fingerprint density at radius 1 is 0.382 bits per heavy atom. The molecular weight excluding hydrogens is 687 g/mol. The summed E-state index contributed by atoms with van der Waals surface area (Å²) >= 11 is 1.86. The first-order valence-corrected chi connectivity index (χ1v) is 19.5. The molecule has 2 heterocycles. The van der Waals surface area contributed by atoms with Crippen molar-refractivity contribution in [1.82, 2.24) is 0 Å². The fraction of sp³-hybridized carbons (Fsp3) is 0. The van der Waals surface area contributed by atoms with Gasteiger partial charge in [0.2, 0.25) is 0 Å². The zero-order chi connectivity index (χ0) is 36.3. The van der Waals surface area contributed by atoms with Crippen molar-refractivity contribution in [2.75, 3.05) is 4.90 Å². The van der Waals surface area contributed by atoms with Crippen LogP contribution in [0.2, 0.25) is 0 Å². The maximum absolute atomic E-state index is 6.62. The molecule has 0 spiro atoms. The Morgan fingerprint density at radius 2 is 0.964 bits per heavy atom. The third-order valence-electron chi connectivity index (χ3n) is 10.9. The van der Waals surface area contributed by atoms with E-state index in [4.69, 9.17) is 4.42 Å². The minimum Gasteiger partial charge on any atom is -0.454 e. The lowest BCUT2D eigenvalue weighted by Gasteiger charge is -2.26. The molecule has 2 nitrogen and oxygen atoms in total. The van der Waals surface area contributed by atoms with Crippen molar-refractivity contribution >= 4 is 81.3 Å². The van der Waals surface area contributed by atoms with E-state index < -0.39 is 0 Å². The summed E-state index contributed by atoms with van der Waals surface area (Å²) < 4.78 is 9.14. The van der Waals surface area contributed by atoms with Gasteiger partial charge in [0.1, 0.15) is 5.58 Å². The summed E-state index contributed by atoms with van der Waals surface area (Å²) in [6.07, 6.45) is 0. The van der Waals surface area contributed by atoms with Crippen LogP contribution in [-0.2, 0) is 0 Å². The third-order valence-corrected chi connectivity index (χ3v) is 12.0. The van der Waals surface area contributed by atoms with Crippen LogP contribution in [0.15, 0.2) is 205 Å². The van der Waals surface area contributed by atoms with Crippen molar-refractivity contribution in [3.63, 3.8) is 0 Å². The van der Waals surface area contributed by atoms with Crippen LogP contribution >= 0.6 is 11.3 Å². The van der Waals surface area contributed by atoms with E-state index >= 15 is 0 Å². The lowest BCUT2D eigenvalue weighted by atomic mass is 9.91. The fourth-order valence-corrected chi connectivity index (χ4v) is 9.46. The van der Waals surface area contributed by atoms with Crippen molar-refractivity contribution in [1.29, 1.82) is 0 Å². The molecule has 0 radical (unpaired) electrons. The van der Waals surface area contributed by atoms with Gasteiger partial charge in [-0.05, 0) is 86.6 Å². The van der Waals surface area contributed by atoms with Gasteiger partial charge in [-0.3, -0.25) is 0 Å². The van der Waals surface area contributed by atoms with E-state index in [1.54, 1.807) is 0 Å². The number of benzene rings is 9. The Hall–Kier alpha value is -6.94. The van der Waals surface area contributed by atoms with Crippen LogP contribution in [0, 0.1) is 0 Å². The van der Waals surface area contributed by atoms with Crippen LogP contribution in [0.4, 0.5) is 17.1 Å². The zero-order valence-electron chi connectivity index (χ0n) is 29.8. The molecule has 11 rings (SSSR count). The topological polar surface area (TPSA) is 16.4 Å². The monoisotopic (exact) mass is 719 g/mol. The normalized spacial score (nSPS) is 11.6. The van der Waals surface area contributed by atoms with E-state index in [1.807, 2.05) is 17.4 Å². The highest BCUT2D eigenvalue weighted by Gasteiger charge is 2.21. The highest BCUT2D eigenvalue weighted by Crippen LogP contribution is 2.46. The second-order valence-electron chi connectivity index (χ2n) is 14.1. The van der Waals surface area contributed by atoms with Gasteiger partial charge in [-0.25, -0.2) is 0 Å². The molecule has 2 aromatic heterocycles. The Balaban J connectivity index is 1.06. The Morgan fingerprint density at radius 3 is 1.75 bits per heavy atom. The van der Waals surface area contributed by atoms with Crippen molar-refractivity contribution < 1.29 is 4.42 Å². The molecule has 0 unspecified atom stereocenters. The second kappa shape index (κ2) is 12.9. The van der Waals surface area contributed by atoms with Gasteiger partial charge in [0.15, 0.2) is 5.58 Å². The maximum Gasteiger partial charge on any atom is 0.159 e. The summed E-state index contributed by atoms with van der Waals surface area (Å²) in [6.45, 7) is 0. The first kappa shape index (κ1) is 31.6. The van der Waals surface area contributed by atoms with Gasteiger partial charge < -0.3 is 9.32 Å². The molecule has 0 amide bonds. The molecule has 0 aliphatic rings. The largest absolute Gasteiger partial charge is 0.454 e. The van der Waals surface area contributed by atoms with E-state index in [1.165, 1.54) is 64.3 Å². The maximum atomic E-state index is 6.62. The molecule has 3 heteroatoms. The van der Waals surface area contributed by atoms with Gasteiger partial charge in [-0.1, -0.05) is 158 Å². The fourth-order valence-electron chi connectivity index (χ4n) is 8.28. The average molecular weight is 720 g/mol. The van der Waals surface area contributed by atoms with Crippen molar-refractivity contribution in [3.05, 3.63) is 200 Å². The second-order valence-corrected chi connectivity index (χ2v) is 15.2. The summed E-state index contributed by atoms with van der Waals surface area (Å²) in [4.78, 5) is 2.34. The molecule has 55 heavy (non-hydrogen) atoms. The summed E-state index contributed by atoms with van der Waals surface area (Å²) in [7, 11) is 0. The molecule has 0 saturated heterocycles. The summed E-state index contributed by atoms with van der Waals surface area (Å²) in [5.41, 5.74) is 12.3. The highest BCUT2D eigenvalue weighted by molar-refractivity contribution is 7.25. The predicted molar refractivity (Wildman–Crippen MR) is 235 cm³/mol. The van der Waals surface area contributed by atoms with Gasteiger partial charge in [0.05, 0.1) is 5.69 Å². The predicted octanol–water partition coefficient (Wildman–Crippen LogP) is 15.6. The number of thiophene rings is 1. The Labute approximate surface area is 322 Å². The van der Waals surface area contributed by atoms with E-state index in [9.17, 15) is 0 Å². The highest BCUT2D eigenvalue weighted by atomic mass is 32.1. The zero-order valence-corrected chi connectivity index (χ0v) is 30.6. The lowest BCUT2D eigenvalue weighted by molar-refractivity contribution is 0.669. The number of para-hydroxylation sites is 2. The molecule has 9 aromatic carbocycles. The van der Waals surface area contributed by atoms with Gasteiger partial charge in [-0.2, -0.15) is 0 Å². The first-order valence-electron chi connectivity index (χ1n) is 18.7. The minimum absolute atomic E-state index is 0.877. The Bertz CT molecular complexity index is 3190. The van der Waals surface area contributed by atoms with E-state index in [0.717, 1.165) is 39.0 Å². The van der Waals surface area contributed by atoms with Gasteiger partial charge in [0, 0.05) is 42.3 Å². The van der Waals surface area contributed by atoms with Crippen LogP contribution in [0.1, 0.15) is 0 Å². The molecule has 0 aliphatic carbocycles. The molecule has 11 aromatic rings. The van der Waals surface area contributed by atoms with E-state index in [-0.39, 0.29) is 0 Å². The summed E-state index contributed by atoms with van der Waals surface area (Å²) in [5.74, 6) is 0. The average Bonchev–Trinajstić information content (AvgIpc) is 3.82. The Kier molecular flexibility index (Phi) is 7.39. The van der Waals surface area contributed by atoms with Gasteiger partial charge in [-0.15, -0.1) is 11.3 Å². The van der Waals surface area contributed by atoms with Crippen LogP contribution in [0.25, 0.3) is 86.3 Å². The number of hydrogen-bond acceptors (Lipinski definition) is 3. The smallest absolute Gasteiger partial charge is 0.159 e. The number of fused-ring (bicyclic) bond motifs is 7.